The van der Waals surface area contributed by atoms with Crippen LogP contribution in [0.4, 0.5) is 0 Å². The first-order chi connectivity index (χ1) is 14.3. The maximum Gasteiger partial charge on any atom is 0.332 e. The number of imidazole rings is 1. The van der Waals surface area contributed by atoms with Gasteiger partial charge in [0.1, 0.15) is 20.2 Å². The summed E-state index contributed by atoms with van der Waals surface area (Å²) in [6.07, 6.45) is 0. The Morgan fingerprint density at radius 1 is 1.23 bits per heavy atom. The van der Waals surface area contributed by atoms with Crippen LogP contribution >= 0.6 is 15.9 Å². The van der Waals surface area contributed by atoms with Gasteiger partial charge in [0.15, 0.2) is 15.9 Å². The number of aromatic nitrogens is 4. The van der Waals surface area contributed by atoms with E-state index in [0.717, 1.165) is 10.1 Å². The van der Waals surface area contributed by atoms with Crippen LogP contribution in [0.15, 0.2) is 32.5 Å². The number of esters is 1. The molecule has 0 unspecified atom stereocenters. The fourth-order valence-electron chi connectivity index (χ4n) is 3.23. The number of carbonyl (C=O) groups excluding carboxylic acids is 1. The molecule has 156 valence electrons. The third kappa shape index (κ3) is 4.07. The van der Waals surface area contributed by atoms with E-state index in [2.05, 4.69) is 20.9 Å². The summed E-state index contributed by atoms with van der Waals surface area (Å²) in [6.45, 7) is 3.56. The molecule has 0 bridgehead atoms. The first kappa shape index (κ1) is 21.9. The van der Waals surface area contributed by atoms with Gasteiger partial charge in [-0.05, 0) is 34.5 Å². The molecule has 3 rings (SSSR count). The van der Waals surface area contributed by atoms with Gasteiger partial charge in [0.25, 0.3) is 5.56 Å². The van der Waals surface area contributed by atoms with E-state index in [1.54, 1.807) is 23.6 Å². The van der Waals surface area contributed by atoms with Gasteiger partial charge in [-0.1, -0.05) is 17.6 Å². The van der Waals surface area contributed by atoms with Crippen molar-refractivity contribution < 1.29 is 14.3 Å². The molecule has 0 spiro atoms. The zero-order chi connectivity index (χ0) is 22.0. The first-order valence-electron chi connectivity index (χ1n) is 9.23. The third-order valence-corrected chi connectivity index (χ3v) is 5.24. The molecule has 11 heteroatoms. The van der Waals surface area contributed by atoms with Crippen molar-refractivity contribution in [1.82, 2.24) is 18.7 Å². The molecule has 9 nitrogen and oxygen atoms in total. The number of halogens is 1. The summed E-state index contributed by atoms with van der Waals surface area (Å²) in [4.78, 5) is 41.3. The molecule has 0 fully saturated rings. The Hall–Kier alpha value is -2.82. The van der Waals surface area contributed by atoms with Crippen LogP contribution in [-0.2, 0) is 29.2 Å². The molecule has 2 radical (unpaired) electrons. The quantitative estimate of drug-likeness (QED) is 0.282. The van der Waals surface area contributed by atoms with Crippen molar-refractivity contribution in [3.63, 3.8) is 0 Å². The molecule has 0 amide bonds. The van der Waals surface area contributed by atoms with Crippen molar-refractivity contribution in [3.8, 4) is 5.75 Å². The molecule has 0 N–H and O–H groups in total. The van der Waals surface area contributed by atoms with Gasteiger partial charge in [-0.25, -0.2) is 9.78 Å². The van der Waals surface area contributed by atoms with Crippen LogP contribution < -0.4 is 21.4 Å². The fraction of sp³-hybridized carbons (Fsp3) is 0.368. The minimum Gasteiger partial charge on any atom is -0.497 e. The lowest BCUT2D eigenvalue weighted by Gasteiger charge is -2.12. The van der Waals surface area contributed by atoms with Gasteiger partial charge >= 0.3 is 11.7 Å². The molecule has 30 heavy (non-hydrogen) atoms. The van der Waals surface area contributed by atoms with E-state index in [1.807, 2.05) is 6.07 Å². The summed E-state index contributed by atoms with van der Waals surface area (Å²) in [5, 5.41) is 0. The molecule has 0 saturated heterocycles. The van der Waals surface area contributed by atoms with Crippen LogP contribution in [0, 0.1) is 0 Å². The van der Waals surface area contributed by atoms with Gasteiger partial charge in [-0.15, -0.1) is 0 Å². The Kier molecular flexibility index (Phi) is 6.50. The van der Waals surface area contributed by atoms with Crippen molar-refractivity contribution >= 4 is 46.4 Å². The molecule has 2 heterocycles. The minimum atomic E-state index is -0.506. The van der Waals surface area contributed by atoms with Crippen LogP contribution in [-0.4, -0.2) is 46.2 Å². The van der Waals surface area contributed by atoms with Crippen LogP contribution in [0.5, 0.6) is 5.75 Å². The topological polar surface area (TPSA) is 97.4 Å². The third-order valence-electron chi connectivity index (χ3n) is 4.64. The molecule has 0 aliphatic rings. The van der Waals surface area contributed by atoms with Crippen molar-refractivity contribution in [1.29, 1.82) is 0 Å². The van der Waals surface area contributed by atoms with Crippen LogP contribution in [0.3, 0.4) is 0 Å². The summed E-state index contributed by atoms with van der Waals surface area (Å²) >= 11 is 3.39. The number of rotatable bonds is 7. The van der Waals surface area contributed by atoms with Crippen LogP contribution in [0.1, 0.15) is 19.4 Å². The van der Waals surface area contributed by atoms with Crippen LogP contribution in [0.25, 0.3) is 11.2 Å². The number of hydrogen-bond donors (Lipinski definition) is 0. The molecule has 1 aromatic carbocycles. The number of hydrogen-bond acceptors (Lipinski definition) is 6. The lowest BCUT2D eigenvalue weighted by atomic mass is 9.93. The number of ether oxygens (including phenoxy) is 2. The van der Waals surface area contributed by atoms with E-state index in [1.165, 1.54) is 18.6 Å². The predicted molar refractivity (Wildman–Crippen MR) is 116 cm³/mol. The van der Waals surface area contributed by atoms with Crippen LogP contribution in [0.2, 0.25) is 0 Å². The zero-order valence-electron chi connectivity index (χ0n) is 16.8. The Labute approximate surface area is 181 Å². The fourth-order valence-corrected chi connectivity index (χ4v) is 3.70. The van der Waals surface area contributed by atoms with Gasteiger partial charge in [0, 0.05) is 13.5 Å². The highest BCUT2D eigenvalue weighted by Crippen LogP contribution is 2.19. The average molecular weight is 475 g/mol. The normalized spacial score (nSPS) is 11.1. The van der Waals surface area contributed by atoms with Gasteiger partial charge < -0.3 is 14.0 Å². The Balaban J connectivity index is 2.15. The zero-order valence-corrected chi connectivity index (χ0v) is 18.4. The van der Waals surface area contributed by atoms with E-state index in [-0.39, 0.29) is 30.9 Å². The first-order valence-corrected chi connectivity index (χ1v) is 10.0. The number of methoxy groups -OCH3 is 1. The molecular formula is C19H20BBrN4O5. The summed E-state index contributed by atoms with van der Waals surface area (Å²) in [6, 6.07) is 5.34. The van der Waals surface area contributed by atoms with Gasteiger partial charge in [0.2, 0.25) is 0 Å². The van der Waals surface area contributed by atoms with Gasteiger partial charge in [0.05, 0.1) is 20.2 Å². The molecule has 0 saturated carbocycles. The van der Waals surface area contributed by atoms with Gasteiger partial charge in [-0.3, -0.25) is 18.7 Å². The van der Waals surface area contributed by atoms with E-state index in [9.17, 15) is 14.4 Å². The maximum atomic E-state index is 13.0. The summed E-state index contributed by atoms with van der Waals surface area (Å²) < 4.78 is 14.7. The monoisotopic (exact) mass is 474 g/mol. The highest BCUT2D eigenvalue weighted by Gasteiger charge is 2.20. The SMILES string of the molecule is [B]c1cc(Cn2c(Br)nc3c2c(=O)n(CC)c(=O)n3CCOC(C)=O)ccc1OC. The molecule has 2 aromatic heterocycles. The Bertz CT molecular complexity index is 1230. The lowest BCUT2D eigenvalue weighted by Crippen LogP contribution is -2.40. The number of nitrogens with zero attached hydrogens (tertiary/aromatic N) is 4. The van der Waals surface area contributed by atoms with Gasteiger partial charge in [-0.2, -0.15) is 0 Å². The van der Waals surface area contributed by atoms with Crippen molar-refractivity contribution in [2.45, 2.75) is 33.5 Å². The maximum absolute atomic E-state index is 13.0. The number of fused-ring (bicyclic) bond motifs is 1. The Morgan fingerprint density at radius 2 is 1.97 bits per heavy atom. The smallest absolute Gasteiger partial charge is 0.332 e. The molecule has 3 aromatic rings. The molecule has 0 aliphatic heterocycles. The van der Waals surface area contributed by atoms with E-state index in [4.69, 9.17) is 17.3 Å². The lowest BCUT2D eigenvalue weighted by molar-refractivity contribution is -0.141. The average Bonchev–Trinajstić information content (AvgIpc) is 3.01. The summed E-state index contributed by atoms with van der Waals surface area (Å²) in [7, 11) is 7.53. The predicted octanol–water partition coefficient (Wildman–Crippen LogP) is 0.556. The molecule has 0 atom stereocenters. The highest BCUT2D eigenvalue weighted by atomic mass is 79.9. The van der Waals surface area contributed by atoms with E-state index in [0.29, 0.717) is 22.5 Å². The summed E-state index contributed by atoms with van der Waals surface area (Å²) in [5.74, 6) is 0.105. The standard InChI is InChI=1S/C19H20BBrN4O5/c1-4-23-17(27)15-16(24(19(23)28)7-8-30-11(2)26)22-18(21)25(15)10-12-5-6-14(29-3)13(20)9-12/h5-6,9H,4,7-8,10H2,1-3H3. The molecular weight excluding hydrogens is 455 g/mol. The minimum absolute atomic E-state index is 0.00818. The van der Waals surface area contributed by atoms with Crippen molar-refractivity contribution in [3.05, 3.63) is 49.3 Å². The van der Waals surface area contributed by atoms with Crippen molar-refractivity contribution in [2.24, 2.45) is 0 Å². The Morgan fingerprint density at radius 3 is 2.57 bits per heavy atom. The largest absolute Gasteiger partial charge is 0.497 e. The second kappa shape index (κ2) is 8.91. The van der Waals surface area contributed by atoms with E-state index >= 15 is 0 Å². The summed E-state index contributed by atoms with van der Waals surface area (Å²) in [5.41, 5.74) is 0.831. The number of benzene rings is 1. The molecule has 0 aliphatic carbocycles. The highest BCUT2D eigenvalue weighted by molar-refractivity contribution is 9.10. The number of carbonyl (C=O) groups is 1. The van der Waals surface area contributed by atoms with Crippen molar-refractivity contribution in [2.75, 3.05) is 13.7 Å². The van der Waals surface area contributed by atoms with E-state index < -0.39 is 17.2 Å². The second-order valence-corrected chi connectivity index (χ2v) is 7.25. The second-order valence-electron chi connectivity index (χ2n) is 6.54.